The van der Waals surface area contributed by atoms with Gasteiger partial charge in [0.05, 0.1) is 19.9 Å². The molecule has 2 aromatic carbocycles. The summed E-state index contributed by atoms with van der Waals surface area (Å²) < 4.78 is 10.5. The van der Waals surface area contributed by atoms with E-state index in [9.17, 15) is 4.79 Å². The van der Waals surface area contributed by atoms with Gasteiger partial charge in [0.2, 0.25) is 0 Å². The van der Waals surface area contributed by atoms with Crippen molar-refractivity contribution in [2.24, 2.45) is 0 Å². The molecule has 0 spiro atoms. The minimum Gasteiger partial charge on any atom is -0.497 e. The van der Waals surface area contributed by atoms with E-state index in [1.54, 1.807) is 32.4 Å². The molecule has 1 heterocycles. The van der Waals surface area contributed by atoms with E-state index in [0.29, 0.717) is 16.4 Å². The molecule has 1 amide bonds. The second-order valence-electron chi connectivity index (χ2n) is 6.00. The molecular formula is C20H18N2O3S. The molecule has 0 fully saturated rings. The molecule has 132 valence electrons. The van der Waals surface area contributed by atoms with Crippen molar-refractivity contribution in [3.63, 3.8) is 0 Å². The monoisotopic (exact) mass is 366 g/mol. The zero-order valence-electron chi connectivity index (χ0n) is 14.5. The average molecular weight is 366 g/mol. The van der Waals surface area contributed by atoms with Crippen LogP contribution in [0, 0.1) is 0 Å². The van der Waals surface area contributed by atoms with Crippen LogP contribution in [0.15, 0.2) is 42.5 Å². The van der Waals surface area contributed by atoms with E-state index in [0.717, 1.165) is 29.8 Å². The van der Waals surface area contributed by atoms with E-state index >= 15 is 0 Å². The predicted molar refractivity (Wildman–Crippen MR) is 102 cm³/mol. The van der Waals surface area contributed by atoms with E-state index in [-0.39, 0.29) is 5.91 Å². The third-order valence-corrected chi connectivity index (χ3v) is 5.47. The number of carbonyl (C=O) groups is 1. The van der Waals surface area contributed by atoms with Crippen LogP contribution in [0.2, 0.25) is 0 Å². The van der Waals surface area contributed by atoms with Crippen molar-refractivity contribution in [3.8, 4) is 22.8 Å². The second kappa shape index (κ2) is 6.80. The molecule has 0 bridgehead atoms. The number of amides is 1. The number of nitrogens with zero attached hydrogens (tertiary/aromatic N) is 1. The van der Waals surface area contributed by atoms with Gasteiger partial charge < -0.3 is 9.47 Å². The number of hydrogen-bond donors (Lipinski definition) is 1. The summed E-state index contributed by atoms with van der Waals surface area (Å²) in [6.45, 7) is 0. The number of nitrogens with one attached hydrogen (secondary N) is 1. The highest BCUT2D eigenvalue weighted by Crippen LogP contribution is 2.39. The molecule has 6 heteroatoms. The summed E-state index contributed by atoms with van der Waals surface area (Å²) in [6, 6.07) is 13.1. The third kappa shape index (κ3) is 3.04. The molecule has 1 aromatic heterocycles. The van der Waals surface area contributed by atoms with E-state index < -0.39 is 0 Å². The van der Waals surface area contributed by atoms with E-state index in [4.69, 9.17) is 9.47 Å². The molecule has 1 N–H and O–H groups in total. The van der Waals surface area contributed by atoms with Gasteiger partial charge in [-0.15, -0.1) is 11.3 Å². The number of fused-ring (bicyclic) bond motifs is 3. The van der Waals surface area contributed by atoms with Crippen LogP contribution in [0.1, 0.15) is 20.8 Å². The molecule has 0 saturated carbocycles. The Morgan fingerprint density at radius 3 is 2.69 bits per heavy atom. The first-order chi connectivity index (χ1) is 12.7. The molecule has 4 rings (SSSR count). The van der Waals surface area contributed by atoms with Crippen LogP contribution in [0.5, 0.6) is 11.5 Å². The first-order valence-electron chi connectivity index (χ1n) is 8.30. The number of carbonyl (C=O) groups excluding carboxylic acids is 1. The minimum absolute atomic E-state index is 0.194. The zero-order chi connectivity index (χ0) is 18.1. The summed E-state index contributed by atoms with van der Waals surface area (Å²) in [5, 5.41) is 3.52. The van der Waals surface area contributed by atoms with E-state index in [2.05, 4.69) is 16.4 Å². The number of methoxy groups -OCH3 is 2. The Balaban J connectivity index is 1.62. The summed E-state index contributed by atoms with van der Waals surface area (Å²) in [4.78, 5) is 18.4. The fourth-order valence-corrected chi connectivity index (χ4v) is 4.06. The molecule has 26 heavy (non-hydrogen) atoms. The van der Waals surface area contributed by atoms with Crippen LogP contribution in [0.4, 0.5) is 5.13 Å². The van der Waals surface area contributed by atoms with Gasteiger partial charge in [-0.1, -0.05) is 12.1 Å². The maximum absolute atomic E-state index is 12.5. The topological polar surface area (TPSA) is 60.5 Å². The van der Waals surface area contributed by atoms with Gasteiger partial charge in [0.15, 0.2) is 5.13 Å². The lowest BCUT2D eigenvalue weighted by Gasteiger charge is -2.15. The Hall–Kier alpha value is -2.86. The smallest absolute Gasteiger partial charge is 0.257 e. The maximum atomic E-state index is 12.5. The molecule has 1 aliphatic rings. The lowest BCUT2D eigenvalue weighted by atomic mass is 9.93. The van der Waals surface area contributed by atoms with Crippen molar-refractivity contribution in [2.45, 2.75) is 12.8 Å². The van der Waals surface area contributed by atoms with Gasteiger partial charge in [-0.25, -0.2) is 4.98 Å². The Morgan fingerprint density at radius 1 is 1.08 bits per heavy atom. The van der Waals surface area contributed by atoms with Crippen molar-refractivity contribution in [1.29, 1.82) is 0 Å². The van der Waals surface area contributed by atoms with Gasteiger partial charge in [-0.2, -0.15) is 0 Å². The summed E-state index contributed by atoms with van der Waals surface area (Å²) in [6.07, 6.45) is 1.90. The molecule has 0 saturated heterocycles. The van der Waals surface area contributed by atoms with E-state index in [1.165, 1.54) is 21.8 Å². The summed E-state index contributed by atoms with van der Waals surface area (Å²) >= 11 is 1.53. The Labute approximate surface area is 155 Å². The van der Waals surface area contributed by atoms with Gasteiger partial charge in [0.1, 0.15) is 11.5 Å². The Morgan fingerprint density at radius 2 is 1.88 bits per heavy atom. The summed E-state index contributed by atoms with van der Waals surface area (Å²) in [5.41, 5.74) is 3.83. The normalized spacial score (nSPS) is 12.1. The van der Waals surface area contributed by atoms with E-state index in [1.807, 2.05) is 18.2 Å². The number of ether oxygens (including phenoxy) is 2. The molecule has 0 aliphatic heterocycles. The highest BCUT2D eigenvalue weighted by Gasteiger charge is 2.22. The minimum atomic E-state index is -0.194. The van der Waals surface area contributed by atoms with Crippen LogP contribution in [-0.4, -0.2) is 25.1 Å². The number of anilines is 1. The Bertz CT molecular complexity index is 981. The third-order valence-electron chi connectivity index (χ3n) is 4.44. The molecule has 3 aromatic rings. The van der Waals surface area contributed by atoms with Crippen molar-refractivity contribution in [2.75, 3.05) is 19.5 Å². The number of thiazole rings is 1. The average Bonchev–Trinajstić information content (AvgIpc) is 3.10. The summed E-state index contributed by atoms with van der Waals surface area (Å²) in [7, 11) is 3.24. The quantitative estimate of drug-likeness (QED) is 0.752. The van der Waals surface area contributed by atoms with Crippen LogP contribution in [0.3, 0.4) is 0 Å². The largest absolute Gasteiger partial charge is 0.497 e. The highest BCUT2D eigenvalue weighted by atomic mass is 32.1. The fourth-order valence-electron chi connectivity index (χ4n) is 3.09. The van der Waals surface area contributed by atoms with Gasteiger partial charge in [0.25, 0.3) is 5.91 Å². The van der Waals surface area contributed by atoms with Crippen LogP contribution in [-0.2, 0) is 12.8 Å². The van der Waals surface area contributed by atoms with Crippen LogP contribution < -0.4 is 14.8 Å². The first-order valence-corrected chi connectivity index (χ1v) is 9.12. The van der Waals surface area contributed by atoms with Crippen LogP contribution >= 0.6 is 11.3 Å². The van der Waals surface area contributed by atoms with Crippen molar-refractivity contribution in [3.05, 3.63) is 58.5 Å². The number of aryl methyl sites for hydroxylation is 2. The SMILES string of the molecule is COc1cccc(C(=O)Nc2nc3c(s2)CCc2ccc(OC)cc2-3)c1. The van der Waals surface area contributed by atoms with Crippen molar-refractivity contribution in [1.82, 2.24) is 4.98 Å². The van der Waals surface area contributed by atoms with Crippen LogP contribution in [0.25, 0.3) is 11.3 Å². The molecule has 0 radical (unpaired) electrons. The van der Waals surface area contributed by atoms with Gasteiger partial charge >= 0.3 is 0 Å². The van der Waals surface area contributed by atoms with Crippen molar-refractivity contribution >= 4 is 22.4 Å². The maximum Gasteiger partial charge on any atom is 0.257 e. The predicted octanol–water partition coefficient (Wildman–Crippen LogP) is 4.18. The lowest BCUT2D eigenvalue weighted by molar-refractivity contribution is 0.102. The number of rotatable bonds is 4. The molecule has 0 unspecified atom stereocenters. The highest BCUT2D eigenvalue weighted by molar-refractivity contribution is 7.16. The standard InChI is InChI=1S/C20H18N2O3S/c1-24-14-5-3-4-13(10-14)19(23)22-20-21-18-16-11-15(25-2)8-6-12(16)7-9-17(18)26-20/h3-6,8,10-11H,7,9H2,1-2H3,(H,21,22,23). The lowest BCUT2D eigenvalue weighted by Crippen LogP contribution is -2.11. The Kier molecular flexibility index (Phi) is 4.34. The van der Waals surface area contributed by atoms with Crippen molar-refractivity contribution < 1.29 is 14.3 Å². The molecular weight excluding hydrogens is 348 g/mol. The number of hydrogen-bond acceptors (Lipinski definition) is 5. The molecule has 5 nitrogen and oxygen atoms in total. The van der Waals surface area contributed by atoms with Gasteiger partial charge in [-0.3, -0.25) is 10.1 Å². The molecule has 1 aliphatic carbocycles. The van der Waals surface area contributed by atoms with Gasteiger partial charge in [-0.05, 0) is 48.7 Å². The second-order valence-corrected chi connectivity index (χ2v) is 7.08. The fraction of sp³-hybridized carbons (Fsp3) is 0.200. The zero-order valence-corrected chi connectivity index (χ0v) is 15.4. The summed E-state index contributed by atoms with van der Waals surface area (Å²) in [5.74, 6) is 1.27. The first kappa shape index (κ1) is 16.6. The number of aromatic nitrogens is 1. The molecule has 0 atom stereocenters. The van der Waals surface area contributed by atoms with Gasteiger partial charge in [0, 0.05) is 16.0 Å². The number of benzene rings is 2.